The molecule has 0 atom stereocenters. The molecule has 0 bridgehead atoms. The maximum absolute atomic E-state index is 5.56. The van der Waals surface area contributed by atoms with Crippen molar-refractivity contribution in [3.8, 4) is 5.75 Å². The molecule has 1 heterocycles. The Hall–Kier alpha value is -0.990. The molecule has 3 heteroatoms. The van der Waals surface area contributed by atoms with E-state index in [9.17, 15) is 0 Å². The van der Waals surface area contributed by atoms with E-state index >= 15 is 0 Å². The third-order valence-electron chi connectivity index (χ3n) is 4.43. The minimum atomic E-state index is 0. The van der Waals surface area contributed by atoms with Crippen LogP contribution in [0.1, 0.15) is 36.8 Å². The fourth-order valence-electron chi connectivity index (χ4n) is 3.30. The molecule has 1 aliphatic carbocycles. The number of benzene rings is 1. The predicted octanol–water partition coefficient (Wildman–Crippen LogP) is 4.22. The first kappa shape index (κ1) is 16.4. The lowest BCUT2D eigenvalue weighted by Crippen LogP contribution is -2.17. The molecule has 1 aromatic carbocycles. The minimum Gasteiger partial charge on any atom is -0.493 e. The summed E-state index contributed by atoms with van der Waals surface area (Å²) in [5.41, 5.74) is 2.77. The molecule has 1 aliphatic heterocycles. The van der Waals surface area contributed by atoms with Gasteiger partial charge >= 0.3 is 0 Å². The number of rotatable bonds is 5. The highest BCUT2D eigenvalue weighted by atomic mass is 35.5. The van der Waals surface area contributed by atoms with Crippen molar-refractivity contribution in [1.82, 2.24) is 4.90 Å². The molecule has 0 radical (unpaired) electrons. The van der Waals surface area contributed by atoms with E-state index in [2.05, 4.69) is 42.3 Å². The van der Waals surface area contributed by atoms with Crippen LogP contribution in [-0.2, 0) is 13.0 Å². The van der Waals surface area contributed by atoms with Crippen LogP contribution in [0.15, 0.2) is 30.4 Å². The van der Waals surface area contributed by atoms with E-state index in [-0.39, 0.29) is 12.4 Å². The van der Waals surface area contributed by atoms with E-state index in [0.717, 1.165) is 37.8 Å². The highest BCUT2D eigenvalue weighted by Crippen LogP contribution is 2.27. The lowest BCUT2D eigenvalue weighted by atomic mass is 10.1. The number of hydrogen-bond acceptors (Lipinski definition) is 2. The topological polar surface area (TPSA) is 12.5 Å². The second-order valence-corrected chi connectivity index (χ2v) is 6.21. The molecule has 2 nitrogen and oxygen atoms in total. The van der Waals surface area contributed by atoms with E-state index in [0.29, 0.717) is 0 Å². The van der Waals surface area contributed by atoms with Crippen molar-refractivity contribution in [2.45, 2.75) is 38.6 Å². The summed E-state index contributed by atoms with van der Waals surface area (Å²) in [4.78, 5) is 2.38. The van der Waals surface area contributed by atoms with Gasteiger partial charge in [-0.3, -0.25) is 4.90 Å². The molecule has 0 amide bonds. The maximum atomic E-state index is 5.56. The van der Waals surface area contributed by atoms with Crippen LogP contribution in [0.25, 0.3) is 0 Å². The number of ether oxygens (including phenoxy) is 1. The normalized spacial score (nSPS) is 18.0. The molecule has 0 unspecified atom stereocenters. The van der Waals surface area contributed by atoms with Gasteiger partial charge in [0.05, 0.1) is 6.61 Å². The quantitative estimate of drug-likeness (QED) is 0.755. The lowest BCUT2D eigenvalue weighted by molar-refractivity contribution is 0.355. The average molecular weight is 308 g/mol. The van der Waals surface area contributed by atoms with E-state index in [1.165, 1.54) is 36.8 Å². The third-order valence-corrected chi connectivity index (χ3v) is 4.43. The highest BCUT2D eigenvalue weighted by molar-refractivity contribution is 5.85. The van der Waals surface area contributed by atoms with Crippen LogP contribution in [0.5, 0.6) is 5.75 Å². The monoisotopic (exact) mass is 307 g/mol. The van der Waals surface area contributed by atoms with Crippen molar-refractivity contribution in [2.24, 2.45) is 5.92 Å². The SMILES string of the molecule is CN(C/C=C/C1CCCC1)Cc1ccc2c(c1)CCO2.Cl. The van der Waals surface area contributed by atoms with Crippen LogP contribution in [0, 0.1) is 5.92 Å². The highest BCUT2D eigenvalue weighted by Gasteiger charge is 2.13. The van der Waals surface area contributed by atoms with Crippen LogP contribution < -0.4 is 4.74 Å². The van der Waals surface area contributed by atoms with Gasteiger partial charge in [0.15, 0.2) is 0 Å². The molecular formula is C18H26ClNO. The molecule has 0 saturated heterocycles. The standard InChI is InChI=1S/C18H25NO.ClH/c1-19(11-4-7-15-5-2-3-6-15)14-16-8-9-18-17(13-16)10-12-20-18;/h4,7-9,13,15H,2-3,5-6,10-12,14H2,1H3;1H/b7-4+;. The summed E-state index contributed by atoms with van der Waals surface area (Å²) in [5, 5.41) is 0. The number of fused-ring (bicyclic) bond motifs is 1. The van der Waals surface area contributed by atoms with Crippen LogP contribution in [-0.4, -0.2) is 25.1 Å². The number of halogens is 1. The molecule has 1 aromatic rings. The van der Waals surface area contributed by atoms with E-state index in [1.54, 1.807) is 0 Å². The molecule has 116 valence electrons. The van der Waals surface area contributed by atoms with Gasteiger partial charge in [0.25, 0.3) is 0 Å². The van der Waals surface area contributed by atoms with E-state index in [4.69, 9.17) is 4.74 Å². The Kier molecular flexibility index (Phi) is 6.13. The smallest absolute Gasteiger partial charge is 0.122 e. The molecule has 1 saturated carbocycles. The Morgan fingerprint density at radius 1 is 1.29 bits per heavy atom. The molecule has 0 spiro atoms. The van der Waals surface area contributed by atoms with Gasteiger partial charge in [-0.15, -0.1) is 12.4 Å². The van der Waals surface area contributed by atoms with E-state index in [1.807, 2.05) is 0 Å². The van der Waals surface area contributed by atoms with Crippen molar-refractivity contribution in [1.29, 1.82) is 0 Å². The van der Waals surface area contributed by atoms with Gasteiger partial charge in [0.1, 0.15) is 5.75 Å². The minimum absolute atomic E-state index is 0. The molecule has 0 aromatic heterocycles. The zero-order valence-electron chi connectivity index (χ0n) is 12.9. The van der Waals surface area contributed by atoms with Gasteiger partial charge in [0.2, 0.25) is 0 Å². The first-order valence-corrected chi connectivity index (χ1v) is 7.91. The Morgan fingerprint density at radius 2 is 2.10 bits per heavy atom. The van der Waals surface area contributed by atoms with Gasteiger partial charge in [-0.1, -0.05) is 37.1 Å². The Morgan fingerprint density at radius 3 is 2.90 bits per heavy atom. The third kappa shape index (κ3) is 4.49. The summed E-state index contributed by atoms with van der Waals surface area (Å²) in [6.07, 6.45) is 11.5. The lowest BCUT2D eigenvalue weighted by Gasteiger charge is -2.15. The first-order chi connectivity index (χ1) is 9.81. The number of likely N-dealkylation sites (N-methyl/N-ethyl adjacent to an activating group) is 1. The number of hydrogen-bond donors (Lipinski definition) is 0. The molecule has 3 rings (SSSR count). The summed E-state index contributed by atoms with van der Waals surface area (Å²) >= 11 is 0. The predicted molar refractivity (Wildman–Crippen MR) is 90.3 cm³/mol. The average Bonchev–Trinajstić information content (AvgIpc) is 3.08. The number of allylic oxidation sites excluding steroid dienone is 1. The summed E-state index contributed by atoms with van der Waals surface area (Å²) in [7, 11) is 2.20. The van der Waals surface area contributed by atoms with Gasteiger partial charge in [-0.25, -0.2) is 0 Å². The fourth-order valence-corrected chi connectivity index (χ4v) is 3.30. The second-order valence-electron chi connectivity index (χ2n) is 6.21. The molecule has 21 heavy (non-hydrogen) atoms. The van der Waals surface area contributed by atoms with Crippen molar-refractivity contribution >= 4 is 12.4 Å². The van der Waals surface area contributed by atoms with Crippen LogP contribution in [0.2, 0.25) is 0 Å². The largest absolute Gasteiger partial charge is 0.493 e. The van der Waals surface area contributed by atoms with Crippen LogP contribution >= 0.6 is 12.4 Å². The van der Waals surface area contributed by atoms with Gasteiger partial charge in [-0.05, 0) is 43.0 Å². The molecular weight excluding hydrogens is 282 g/mol. The van der Waals surface area contributed by atoms with Crippen LogP contribution in [0.3, 0.4) is 0 Å². The van der Waals surface area contributed by atoms with E-state index < -0.39 is 0 Å². The molecule has 1 fully saturated rings. The zero-order chi connectivity index (χ0) is 13.8. The van der Waals surface area contributed by atoms with Gasteiger partial charge in [-0.2, -0.15) is 0 Å². The molecule has 0 N–H and O–H groups in total. The van der Waals surface area contributed by atoms with Gasteiger partial charge in [0, 0.05) is 19.5 Å². The summed E-state index contributed by atoms with van der Waals surface area (Å²) in [6.45, 7) is 2.91. The van der Waals surface area contributed by atoms with Crippen molar-refractivity contribution < 1.29 is 4.74 Å². The van der Waals surface area contributed by atoms with Crippen molar-refractivity contribution in [3.63, 3.8) is 0 Å². The summed E-state index contributed by atoms with van der Waals surface area (Å²) in [5.74, 6) is 1.93. The van der Waals surface area contributed by atoms with Crippen LogP contribution in [0.4, 0.5) is 0 Å². The summed E-state index contributed by atoms with van der Waals surface area (Å²) in [6, 6.07) is 6.63. The Bertz CT molecular complexity index is 480. The Balaban J connectivity index is 0.00000161. The fraction of sp³-hybridized carbons (Fsp3) is 0.556. The molecule has 2 aliphatic rings. The van der Waals surface area contributed by atoms with Gasteiger partial charge < -0.3 is 4.74 Å². The maximum Gasteiger partial charge on any atom is 0.122 e. The van der Waals surface area contributed by atoms with Crippen molar-refractivity contribution in [2.75, 3.05) is 20.2 Å². The van der Waals surface area contributed by atoms with Crippen molar-refractivity contribution in [3.05, 3.63) is 41.5 Å². The zero-order valence-corrected chi connectivity index (χ0v) is 13.7. The number of nitrogens with zero attached hydrogens (tertiary/aromatic N) is 1. The first-order valence-electron chi connectivity index (χ1n) is 7.91. The Labute approximate surface area is 134 Å². The summed E-state index contributed by atoms with van der Waals surface area (Å²) < 4.78 is 5.56. The second kappa shape index (κ2) is 7.86.